The molecule has 0 radical (unpaired) electrons. The minimum atomic E-state index is -0.0861. The number of hydrogen-bond donors (Lipinski definition) is 0. The predicted octanol–water partition coefficient (Wildman–Crippen LogP) is 3.94. The molecule has 0 saturated carbocycles. The zero-order valence-corrected chi connectivity index (χ0v) is 12.7. The summed E-state index contributed by atoms with van der Waals surface area (Å²) in [6.07, 6.45) is 0.800. The zero-order valence-electron chi connectivity index (χ0n) is 10.3. The molecule has 18 heavy (non-hydrogen) atoms. The molecule has 2 rings (SSSR count). The van der Waals surface area contributed by atoms with Crippen LogP contribution >= 0.6 is 27.3 Å². The molecule has 5 heteroatoms. The molecule has 2 aromatic rings. The minimum Gasteiger partial charge on any atom is -0.456 e. The number of carbonyl (C=O) groups is 1. The van der Waals surface area contributed by atoms with Crippen molar-refractivity contribution in [3.8, 4) is 0 Å². The van der Waals surface area contributed by atoms with E-state index in [1.54, 1.807) is 29.4 Å². The lowest BCUT2D eigenvalue weighted by molar-refractivity contribution is 0.0752. The number of nitrogens with zero attached hydrogens (tertiary/aromatic N) is 1. The lowest BCUT2D eigenvalue weighted by atomic mass is 10.3. The van der Waals surface area contributed by atoms with Crippen molar-refractivity contribution in [2.24, 2.45) is 0 Å². The molecule has 0 aromatic carbocycles. The van der Waals surface area contributed by atoms with E-state index >= 15 is 0 Å². The van der Waals surface area contributed by atoms with Gasteiger partial charge in [0, 0.05) is 20.0 Å². The average molecular weight is 328 g/mol. The van der Waals surface area contributed by atoms with Gasteiger partial charge in [-0.3, -0.25) is 4.79 Å². The molecule has 2 heterocycles. The van der Waals surface area contributed by atoms with Crippen molar-refractivity contribution in [2.75, 3.05) is 7.05 Å². The Morgan fingerprint density at radius 2 is 2.28 bits per heavy atom. The van der Waals surface area contributed by atoms with E-state index in [0.717, 1.165) is 21.5 Å². The highest BCUT2D eigenvalue weighted by molar-refractivity contribution is 9.11. The highest BCUT2D eigenvalue weighted by Gasteiger charge is 2.16. The van der Waals surface area contributed by atoms with Crippen LogP contribution in [0.25, 0.3) is 0 Å². The number of carbonyl (C=O) groups excluding carboxylic acids is 1. The van der Waals surface area contributed by atoms with Crippen molar-refractivity contribution in [3.05, 3.63) is 44.4 Å². The quantitative estimate of drug-likeness (QED) is 0.852. The number of thiophene rings is 1. The van der Waals surface area contributed by atoms with Crippen LogP contribution in [0.2, 0.25) is 0 Å². The third-order valence-electron chi connectivity index (χ3n) is 2.61. The molecule has 3 nitrogen and oxygen atoms in total. The normalized spacial score (nSPS) is 10.6. The topological polar surface area (TPSA) is 33.5 Å². The lowest BCUT2D eigenvalue weighted by Gasteiger charge is -2.14. The van der Waals surface area contributed by atoms with Gasteiger partial charge in [0.15, 0.2) is 5.76 Å². The summed E-state index contributed by atoms with van der Waals surface area (Å²) in [5.74, 6) is 1.16. The number of aryl methyl sites for hydroxylation is 1. The Morgan fingerprint density at radius 1 is 1.50 bits per heavy atom. The van der Waals surface area contributed by atoms with Crippen LogP contribution in [-0.2, 0) is 13.0 Å². The maximum Gasteiger partial charge on any atom is 0.289 e. The first-order chi connectivity index (χ1) is 8.60. The van der Waals surface area contributed by atoms with Gasteiger partial charge in [-0.15, -0.1) is 11.3 Å². The van der Waals surface area contributed by atoms with Crippen LogP contribution in [0.15, 0.2) is 31.8 Å². The van der Waals surface area contributed by atoms with E-state index in [2.05, 4.69) is 15.9 Å². The first kappa shape index (κ1) is 13.4. The van der Waals surface area contributed by atoms with Crippen molar-refractivity contribution in [3.63, 3.8) is 0 Å². The molecular formula is C13H14BrNO2S. The number of furan rings is 1. The lowest BCUT2D eigenvalue weighted by Crippen LogP contribution is -2.25. The molecular weight excluding hydrogens is 314 g/mol. The van der Waals surface area contributed by atoms with Crippen LogP contribution in [0.4, 0.5) is 0 Å². The van der Waals surface area contributed by atoms with E-state index in [1.165, 1.54) is 0 Å². The first-order valence-corrected chi connectivity index (χ1v) is 7.34. The largest absolute Gasteiger partial charge is 0.456 e. The fraction of sp³-hybridized carbons (Fsp3) is 0.308. The van der Waals surface area contributed by atoms with Gasteiger partial charge >= 0.3 is 0 Å². The van der Waals surface area contributed by atoms with Crippen LogP contribution in [-0.4, -0.2) is 17.9 Å². The molecule has 0 aliphatic carbocycles. The van der Waals surface area contributed by atoms with E-state index in [-0.39, 0.29) is 5.91 Å². The summed E-state index contributed by atoms with van der Waals surface area (Å²) < 4.78 is 6.53. The Hall–Kier alpha value is -1.07. The van der Waals surface area contributed by atoms with Crippen LogP contribution in [0, 0.1) is 0 Å². The predicted molar refractivity (Wildman–Crippen MR) is 75.9 cm³/mol. The van der Waals surface area contributed by atoms with Gasteiger partial charge in [-0.2, -0.15) is 0 Å². The Bertz CT molecular complexity index is 547. The second kappa shape index (κ2) is 5.71. The third-order valence-corrected chi connectivity index (χ3v) is 4.16. The van der Waals surface area contributed by atoms with Gasteiger partial charge in [-0.1, -0.05) is 6.92 Å². The Balaban J connectivity index is 2.04. The minimum absolute atomic E-state index is 0.0861. The highest BCUT2D eigenvalue weighted by atomic mass is 79.9. The van der Waals surface area contributed by atoms with Crippen molar-refractivity contribution >= 4 is 33.2 Å². The Kier molecular flexibility index (Phi) is 4.24. The van der Waals surface area contributed by atoms with Crippen LogP contribution < -0.4 is 0 Å². The molecule has 1 amide bonds. The summed E-state index contributed by atoms with van der Waals surface area (Å²) in [4.78, 5) is 13.8. The van der Waals surface area contributed by atoms with E-state index in [9.17, 15) is 4.79 Å². The molecule has 0 bridgehead atoms. The maximum atomic E-state index is 12.1. The third kappa shape index (κ3) is 3.03. The number of hydrogen-bond acceptors (Lipinski definition) is 3. The first-order valence-electron chi connectivity index (χ1n) is 5.67. The molecule has 2 aromatic heterocycles. The van der Waals surface area contributed by atoms with E-state index < -0.39 is 0 Å². The van der Waals surface area contributed by atoms with E-state index in [1.807, 2.05) is 24.4 Å². The summed E-state index contributed by atoms with van der Waals surface area (Å²) in [6, 6.07) is 5.61. The molecule has 0 unspecified atom stereocenters. The molecule has 0 N–H and O–H groups in total. The van der Waals surface area contributed by atoms with Crippen molar-refractivity contribution < 1.29 is 9.21 Å². The maximum absolute atomic E-state index is 12.1. The van der Waals surface area contributed by atoms with Crippen LogP contribution in [0.5, 0.6) is 0 Å². The van der Waals surface area contributed by atoms with Crippen molar-refractivity contribution in [2.45, 2.75) is 19.9 Å². The standard InChI is InChI=1S/C13H14BrNO2S/c1-3-10-4-5-11(17-10)13(16)15(2)7-9-6-12(14)18-8-9/h4-6,8H,3,7H2,1-2H3. The Morgan fingerprint density at radius 3 is 2.83 bits per heavy atom. The van der Waals surface area contributed by atoms with Gasteiger partial charge in [-0.05, 0) is 45.1 Å². The summed E-state index contributed by atoms with van der Waals surface area (Å²) >= 11 is 5.03. The van der Waals surface area contributed by atoms with Gasteiger partial charge in [-0.25, -0.2) is 0 Å². The second-order valence-corrected chi connectivity index (χ2v) is 6.33. The smallest absolute Gasteiger partial charge is 0.289 e. The monoisotopic (exact) mass is 327 g/mol. The van der Waals surface area contributed by atoms with Crippen LogP contribution in [0.3, 0.4) is 0 Å². The molecule has 0 aliphatic rings. The summed E-state index contributed by atoms with van der Waals surface area (Å²) in [6.45, 7) is 2.59. The number of rotatable bonds is 4. The second-order valence-electron chi connectivity index (χ2n) is 4.04. The highest BCUT2D eigenvalue weighted by Crippen LogP contribution is 2.22. The van der Waals surface area contributed by atoms with E-state index in [4.69, 9.17) is 4.42 Å². The van der Waals surface area contributed by atoms with Gasteiger partial charge in [0.1, 0.15) is 5.76 Å². The average Bonchev–Trinajstić information content (AvgIpc) is 2.97. The molecule has 96 valence electrons. The molecule has 0 aliphatic heterocycles. The molecule has 0 fully saturated rings. The van der Waals surface area contributed by atoms with Gasteiger partial charge < -0.3 is 9.32 Å². The zero-order chi connectivity index (χ0) is 13.1. The van der Waals surface area contributed by atoms with Gasteiger partial charge in [0.25, 0.3) is 5.91 Å². The van der Waals surface area contributed by atoms with Crippen molar-refractivity contribution in [1.29, 1.82) is 0 Å². The molecule has 0 saturated heterocycles. The van der Waals surface area contributed by atoms with Gasteiger partial charge in [0.05, 0.1) is 3.79 Å². The molecule has 0 atom stereocenters. The fourth-order valence-corrected chi connectivity index (χ4v) is 2.85. The summed E-state index contributed by atoms with van der Waals surface area (Å²) in [5, 5.41) is 2.04. The number of amides is 1. The number of halogens is 1. The van der Waals surface area contributed by atoms with Gasteiger partial charge in [0.2, 0.25) is 0 Å². The van der Waals surface area contributed by atoms with Crippen molar-refractivity contribution in [1.82, 2.24) is 4.90 Å². The molecule has 0 spiro atoms. The van der Waals surface area contributed by atoms with Crippen LogP contribution in [0.1, 0.15) is 28.8 Å². The Labute approximate surface area is 119 Å². The summed E-state index contributed by atoms with van der Waals surface area (Å²) in [5.41, 5.74) is 1.12. The SMILES string of the molecule is CCc1ccc(C(=O)N(C)Cc2csc(Br)c2)o1. The fourth-order valence-electron chi connectivity index (χ4n) is 1.65. The van der Waals surface area contributed by atoms with E-state index in [0.29, 0.717) is 12.3 Å². The summed E-state index contributed by atoms with van der Waals surface area (Å²) in [7, 11) is 1.78.